The third-order valence-electron chi connectivity index (χ3n) is 2.69. The highest BCUT2D eigenvalue weighted by Gasteiger charge is 2.05. The van der Waals surface area contributed by atoms with Crippen molar-refractivity contribution in [2.45, 2.75) is 19.9 Å². The Hall–Kier alpha value is -0.930. The van der Waals surface area contributed by atoms with Crippen molar-refractivity contribution in [3.63, 3.8) is 0 Å². The van der Waals surface area contributed by atoms with Crippen molar-refractivity contribution in [1.82, 2.24) is 4.90 Å². The number of nitrogen functional groups attached to an aromatic ring is 1. The number of hydrogen-bond donors (Lipinski definition) is 2. The van der Waals surface area contributed by atoms with Crippen molar-refractivity contribution in [2.24, 2.45) is 0 Å². The van der Waals surface area contributed by atoms with E-state index in [2.05, 4.69) is 31.1 Å². The lowest BCUT2D eigenvalue weighted by Crippen LogP contribution is -2.31. The standard InChI is InChI=1S/C12H20ClN3/c1-9(2)16(3)8-7-15-12-10(13)5-4-6-11(12)14/h4-6,9,15H,7-8,14H2,1-3H3. The average molecular weight is 242 g/mol. The minimum absolute atomic E-state index is 0.547. The van der Waals surface area contributed by atoms with Gasteiger partial charge in [-0.1, -0.05) is 17.7 Å². The number of nitrogens with zero attached hydrogens (tertiary/aromatic N) is 1. The molecule has 3 nitrogen and oxygen atoms in total. The zero-order valence-electron chi connectivity index (χ0n) is 10.1. The van der Waals surface area contributed by atoms with E-state index in [0.29, 0.717) is 16.8 Å². The summed E-state index contributed by atoms with van der Waals surface area (Å²) in [6, 6.07) is 6.08. The summed E-state index contributed by atoms with van der Waals surface area (Å²) in [7, 11) is 2.10. The van der Waals surface area contributed by atoms with Gasteiger partial charge in [0.2, 0.25) is 0 Å². The molecule has 90 valence electrons. The maximum atomic E-state index is 6.05. The molecule has 4 heteroatoms. The molecule has 0 aliphatic carbocycles. The molecule has 16 heavy (non-hydrogen) atoms. The van der Waals surface area contributed by atoms with E-state index in [9.17, 15) is 0 Å². The van der Waals surface area contributed by atoms with E-state index in [1.54, 1.807) is 0 Å². The Balaban J connectivity index is 2.49. The minimum atomic E-state index is 0.547. The van der Waals surface area contributed by atoms with Gasteiger partial charge >= 0.3 is 0 Å². The zero-order valence-corrected chi connectivity index (χ0v) is 10.9. The van der Waals surface area contributed by atoms with Gasteiger partial charge < -0.3 is 16.0 Å². The number of rotatable bonds is 5. The molecule has 0 spiro atoms. The second kappa shape index (κ2) is 5.97. The van der Waals surface area contributed by atoms with Crippen LogP contribution in [0.5, 0.6) is 0 Å². The summed E-state index contributed by atoms with van der Waals surface area (Å²) in [6.07, 6.45) is 0. The second-order valence-electron chi connectivity index (χ2n) is 4.21. The highest BCUT2D eigenvalue weighted by atomic mass is 35.5. The van der Waals surface area contributed by atoms with Crippen LogP contribution in [0.4, 0.5) is 11.4 Å². The summed E-state index contributed by atoms with van der Waals surface area (Å²) in [5.74, 6) is 0. The van der Waals surface area contributed by atoms with Gasteiger partial charge in [-0.15, -0.1) is 0 Å². The third kappa shape index (κ3) is 3.58. The lowest BCUT2D eigenvalue weighted by molar-refractivity contribution is 0.284. The van der Waals surface area contributed by atoms with E-state index in [4.69, 9.17) is 17.3 Å². The van der Waals surface area contributed by atoms with Gasteiger partial charge in [-0.2, -0.15) is 0 Å². The van der Waals surface area contributed by atoms with Crippen molar-refractivity contribution in [3.8, 4) is 0 Å². The van der Waals surface area contributed by atoms with Gasteiger partial charge in [-0.3, -0.25) is 0 Å². The molecule has 0 bridgehead atoms. The van der Waals surface area contributed by atoms with E-state index in [-0.39, 0.29) is 0 Å². The molecule has 0 saturated carbocycles. The van der Waals surface area contributed by atoms with Gasteiger partial charge in [0.15, 0.2) is 0 Å². The largest absolute Gasteiger partial charge is 0.397 e. The molecule has 0 aromatic heterocycles. The molecule has 0 atom stereocenters. The van der Waals surface area contributed by atoms with Crippen LogP contribution in [0.3, 0.4) is 0 Å². The predicted molar refractivity (Wildman–Crippen MR) is 72.1 cm³/mol. The van der Waals surface area contributed by atoms with E-state index in [0.717, 1.165) is 18.8 Å². The Morgan fingerprint density at radius 3 is 2.69 bits per heavy atom. The normalized spacial score (nSPS) is 11.1. The predicted octanol–water partition coefficient (Wildman–Crippen LogP) is 2.67. The number of likely N-dealkylation sites (N-methyl/N-ethyl adjacent to an activating group) is 1. The summed E-state index contributed by atoms with van der Waals surface area (Å²) in [6.45, 7) is 6.14. The van der Waals surface area contributed by atoms with Crippen molar-refractivity contribution >= 4 is 23.0 Å². The zero-order chi connectivity index (χ0) is 12.1. The molecule has 0 aliphatic rings. The lowest BCUT2D eigenvalue weighted by atomic mass is 10.2. The molecule has 3 N–H and O–H groups in total. The Bertz CT molecular complexity index is 319. The Kier molecular flexibility index (Phi) is 4.90. The number of nitrogens with two attached hydrogens (primary N) is 1. The van der Waals surface area contributed by atoms with Crippen LogP contribution < -0.4 is 11.1 Å². The first-order valence-electron chi connectivity index (χ1n) is 5.50. The number of benzene rings is 1. The summed E-state index contributed by atoms with van der Waals surface area (Å²) in [4.78, 5) is 2.26. The first-order chi connectivity index (χ1) is 7.52. The summed E-state index contributed by atoms with van der Waals surface area (Å²) >= 11 is 6.05. The van der Waals surface area contributed by atoms with Gasteiger partial charge in [-0.25, -0.2) is 0 Å². The van der Waals surface area contributed by atoms with E-state index >= 15 is 0 Å². The minimum Gasteiger partial charge on any atom is -0.397 e. The van der Waals surface area contributed by atoms with Crippen LogP contribution in [0.1, 0.15) is 13.8 Å². The van der Waals surface area contributed by atoms with Crippen molar-refractivity contribution in [1.29, 1.82) is 0 Å². The number of nitrogens with one attached hydrogen (secondary N) is 1. The number of anilines is 2. The highest BCUT2D eigenvalue weighted by Crippen LogP contribution is 2.27. The summed E-state index contributed by atoms with van der Waals surface area (Å²) < 4.78 is 0. The number of para-hydroxylation sites is 1. The van der Waals surface area contributed by atoms with E-state index in [1.807, 2.05) is 18.2 Å². The van der Waals surface area contributed by atoms with Crippen LogP contribution in [0.2, 0.25) is 5.02 Å². The van der Waals surface area contributed by atoms with E-state index in [1.165, 1.54) is 0 Å². The summed E-state index contributed by atoms with van der Waals surface area (Å²) in [5.41, 5.74) is 7.37. The third-order valence-corrected chi connectivity index (χ3v) is 3.01. The van der Waals surface area contributed by atoms with Crippen LogP contribution in [0, 0.1) is 0 Å². The molecule has 0 fully saturated rings. The van der Waals surface area contributed by atoms with Crippen LogP contribution >= 0.6 is 11.6 Å². The molecular formula is C12H20ClN3. The van der Waals surface area contributed by atoms with Crippen molar-refractivity contribution in [3.05, 3.63) is 23.2 Å². The molecule has 1 rings (SSSR count). The van der Waals surface area contributed by atoms with Crippen LogP contribution in [-0.4, -0.2) is 31.1 Å². The fourth-order valence-corrected chi connectivity index (χ4v) is 1.59. The maximum absolute atomic E-state index is 6.05. The second-order valence-corrected chi connectivity index (χ2v) is 4.61. The molecule has 1 aromatic rings. The van der Waals surface area contributed by atoms with Gasteiger partial charge in [-0.05, 0) is 33.0 Å². The van der Waals surface area contributed by atoms with Crippen LogP contribution in [0.25, 0.3) is 0 Å². The van der Waals surface area contributed by atoms with Crippen molar-refractivity contribution in [2.75, 3.05) is 31.2 Å². The first kappa shape index (κ1) is 13.1. The van der Waals surface area contributed by atoms with Gasteiger partial charge in [0, 0.05) is 19.1 Å². The molecule has 0 saturated heterocycles. The lowest BCUT2D eigenvalue weighted by Gasteiger charge is -2.21. The van der Waals surface area contributed by atoms with E-state index < -0.39 is 0 Å². The topological polar surface area (TPSA) is 41.3 Å². The van der Waals surface area contributed by atoms with Crippen LogP contribution in [-0.2, 0) is 0 Å². The fourth-order valence-electron chi connectivity index (χ4n) is 1.34. The monoisotopic (exact) mass is 241 g/mol. The Morgan fingerprint density at radius 2 is 2.12 bits per heavy atom. The molecule has 0 radical (unpaired) electrons. The first-order valence-corrected chi connectivity index (χ1v) is 5.88. The number of halogens is 1. The smallest absolute Gasteiger partial charge is 0.0763 e. The van der Waals surface area contributed by atoms with Gasteiger partial charge in [0.25, 0.3) is 0 Å². The molecule has 0 heterocycles. The molecule has 0 unspecified atom stereocenters. The van der Waals surface area contributed by atoms with Gasteiger partial charge in [0.1, 0.15) is 0 Å². The maximum Gasteiger partial charge on any atom is 0.0763 e. The number of hydrogen-bond acceptors (Lipinski definition) is 3. The Labute approximate surface area is 103 Å². The van der Waals surface area contributed by atoms with Crippen molar-refractivity contribution < 1.29 is 0 Å². The quantitative estimate of drug-likeness (QED) is 0.779. The highest BCUT2D eigenvalue weighted by molar-refractivity contribution is 6.33. The van der Waals surface area contributed by atoms with Gasteiger partial charge in [0.05, 0.1) is 16.4 Å². The molecule has 0 amide bonds. The van der Waals surface area contributed by atoms with Crippen LogP contribution in [0.15, 0.2) is 18.2 Å². The molecule has 0 aliphatic heterocycles. The molecular weight excluding hydrogens is 222 g/mol. The SMILES string of the molecule is CC(C)N(C)CCNc1c(N)cccc1Cl. The Morgan fingerprint density at radius 1 is 1.44 bits per heavy atom. The average Bonchev–Trinajstić information content (AvgIpc) is 2.22. The fraction of sp³-hybridized carbons (Fsp3) is 0.500. The molecule has 1 aromatic carbocycles. The summed E-state index contributed by atoms with van der Waals surface area (Å²) in [5, 5.41) is 3.94.